The van der Waals surface area contributed by atoms with Gasteiger partial charge in [0, 0.05) is 0 Å². The van der Waals surface area contributed by atoms with Gasteiger partial charge < -0.3 is 0 Å². The summed E-state index contributed by atoms with van der Waals surface area (Å²) in [5.74, 6) is 0. The molecule has 0 bridgehead atoms. The zero-order valence-electron chi connectivity index (χ0n) is 7.90. The van der Waals surface area contributed by atoms with Crippen molar-refractivity contribution in [1.29, 1.82) is 0 Å². The smallest absolute Gasteiger partial charge is 0.282 e. The highest BCUT2D eigenvalue weighted by Crippen LogP contribution is 2.18. The fraction of sp³-hybridized carbons (Fsp3) is 0.200. The zero-order valence-corrected chi connectivity index (χ0v) is 8.71. The van der Waals surface area contributed by atoms with Crippen molar-refractivity contribution in [1.82, 2.24) is 0 Å². The third-order valence-corrected chi connectivity index (χ3v) is 2.93. The number of hydrogen-bond acceptors (Lipinski definition) is 2. The van der Waals surface area contributed by atoms with Crippen molar-refractivity contribution in [3.8, 4) is 0 Å². The van der Waals surface area contributed by atoms with Crippen LogP contribution < -0.4 is 0 Å². The molecule has 0 aliphatic heterocycles. The van der Waals surface area contributed by atoms with Gasteiger partial charge in [0.15, 0.2) is 0 Å². The van der Waals surface area contributed by atoms with Crippen molar-refractivity contribution in [2.24, 2.45) is 0 Å². The summed E-state index contributed by atoms with van der Waals surface area (Å²) in [5, 5.41) is 0. The molecule has 1 aromatic carbocycles. The van der Waals surface area contributed by atoms with Gasteiger partial charge in [-0.1, -0.05) is 31.7 Å². The Morgan fingerprint density at radius 2 is 2.14 bits per heavy atom. The summed E-state index contributed by atoms with van der Waals surface area (Å²) in [7, 11) is -4.10. The lowest BCUT2D eigenvalue weighted by molar-refractivity contribution is 0.482. The Bertz CT molecular complexity index is 446. The Kier molecular flexibility index (Phi) is 3.08. The first-order valence-corrected chi connectivity index (χ1v) is 5.66. The molecule has 3 nitrogen and oxygen atoms in total. The molecular weight excluding hydrogens is 200 g/mol. The van der Waals surface area contributed by atoms with Crippen molar-refractivity contribution >= 4 is 16.2 Å². The van der Waals surface area contributed by atoms with Gasteiger partial charge in [-0.25, -0.2) is 0 Å². The van der Waals surface area contributed by atoms with Crippen LogP contribution in [-0.2, 0) is 16.5 Å². The molecular formula is C10H12O3S. The van der Waals surface area contributed by atoms with Crippen molar-refractivity contribution < 1.29 is 13.0 Å². The van der Waals surface area contributed by atoms with Crippen molar-refractivity contribution in [3.63, 3.8) is 0 Å². The number of aryl methyl sites for hydroxylation is 1. The van der Waals surface area contributed by atoms with E-state index in [2.05, 4.69) is 6.58 Å². The molecule has 0 spiro atoms. The third-order valence-electron chi connectivity index (χ3n) is 1.98. The van der Waals surface area contributed by atoms with Crippen LogP contribution in [0.3, 0.4) is 0 Å². The van der Waals surface area contributed by atoms with Crippen LogP contribution >= 0.6 is 0 Å². The molecule has 0 amide bonds. The third kappa shape index (κ3) is 2.21. The van der Waals surface area contributed by atoms with E-state index in [1.807, 2.05) is 6.92 Å². The van der Waals surface area contributed by atoms with Gasteiger partial charge in [-0.3, -0.25) is 4.55 Å². The van der Waals surface area contributed by atoms with Gasteiger partial charge in [0.1, 0.15) is 0 Å². The molecule has 0 radical (unpaired) electrons. The van der Waals surface area contributed by atoms with E-state index in [1.165, 1.54) is 6.07 Å². The van der Waals surface area contributed by atoms with Crippen LogP contribution in [0.1, 0.15) is 18.1 Å². The highest BCUT2D eigenvalue weighted by Gasteiger charge is 2.13. The van der Waals surface area contributed by atoms with Crippen LogP contribution in [0.5, 0.6) is 0 Å². The van der Waals surface area contributed by atoms with E-state index in [1.54, 1.807) is 18.2 Å². The van der Waals surface area contributed by atoms with E-state index >= 15 is 0 Å². The van der Waals surface area contributed by atoms with E-state index < -0.39 is 10.1 Å². The summed E-state index contributed by atoms with van der Waals surface area (Å²) >= 11 is 0. The minimum Gasteiger partial charge on any atom is -0.282 e. The number of benzene rings is 1. The second kappa shape index (κ2) is 3.94. The average Bonchev–Trinajstić information content (AvgIpc) is 2.15. The van der Waals surface area contributed by atoms with Crippen molar-refractivity contribution in [3.05, 3.63) is 35.9 Å². The first-order chi connectivity index (χ1) is 6.49. The summed E-state index contributed by atoms with van der Waals surface area (Å²) in [6.07, 6.45) is 2.18. The minimum absolute atomic E-state index is 0.0226. The van der Waals surface area contributed by atoms with Crippen molar-refractivity contribution in [2.75, 3.05) is 0 Å². The maximum atomic E-state index is 10.9. The first-order valence-electron chi connectivity index (χ1n) is 4.22. The maximum Gasteiger partial charge on any atom is 0.294 e. The van der Waals surface area contributed by atoms with Crippen LogP contribution in [0.2, 0.25) is 0 Å². The van der Waals surface area contributed by atoms with Gasteiger partial charge in [0.25, 0.3) is 10.1 Å². The predicted octanol–water partition coefficient (Wildman–Crippen LogP) is 2.14. The lowest BCUT2D eigenvalue weighted by atomic mass is 10.1. The minimum atomic E-state index is -4.10. The monoisotopic (exact) mass is 212 g/mol. The number of rotatable bonds is 3. The molecule has 0 heterocycles. The van der Waals surface area contributed by atoms with Gasteiger partial charge in [-0.2, -0.15) is 8.42 Å². The number of hydrogen-bond donors (Lipinski definition) is 1. The lowest BCUT2D eigenvalue weighted by Gasteiger charge is -2.05. The molecule has 0 saturated carbocycles. The molecule has 0 aliphatic carbocycles. The molecule has 1 N–H and O–H groups in total. The lowest BCUT2D eigenvalue weighted by Crippen LogP contribution is -2.02. The van der Waals surface area contributed by atoms with Gasteiger partial charge in [-0.05, 0) is 23.6 Å². The standard InChI is InChI=1S/C10H12O3S/c1-3-8-5-6-10(14(11,12)13)9(4-2)7-8/h3,5-7H,1,4H2,2H3,(H,11,12,13). The highest BCUT2D eigenvalue weighted by atomic mass is 32.2. The summed E-state index contributed by atoms with van der Waals surface area (Å²) in [4.78, 5) is -0.0226. The summed E-state index contributed by atoms with van der Waals surface area (Å²) in [6, 6.07) is 4.70. The Morgan fingerprint density at radius 1 is 1.50 bits per heavy atom. The van der Waals surface area contributed by atoms with E-state index in [0.29, 0.717) is 12.0 Å². The normalized spacial score (nSPS) is 11.3. The second-order valence-electron chi connectivity index (χ2n) is 2.90. The van der Waals surface area contributed by atoms with E-state index in [9.17, 15) is 8.42 Å². The molecule has 0 aromatic heterocycles. The largest absolute Gasteiger partial charge is 0.294 e. The fourth-order valence-electron chi connectivity index (χ4n) is 1.25. The van der Waals surface area contributed by atoms with E-state index in [4.69, 9.17) is 4.55 Å². The Morgan fingerprint density at radius 3 is 2.57 bits per heavy atom. The fourth-order valence-corrected chi connectivity index (χ4v) is 2.03. The Balaban J connectivity index is 3.40. The topological polar surface area (TPSA) is 54.4 Å². The Hall–Kier alpha value is -1.13. The Labute approximate surface area is 83.8 Å². The van der Waals surface area contributed by atoms with E-state index in [0.717, 1.165) is 5.56 Å². The highest BCUT2D eigenvalue weighted by molar-refractivity contribution is 7.85. The van der Waals surface area contributed by atoms with Crippen LogP contribution in [-0.4, -0.2) is 13.0 Å². The molecule has 0 unspecified atom stereocenters. The van der Waals surface area contributed by atoms with Gasteiger partial charge in [0.05, 0.1) is 4.90 Å². The van der Waals surface area contributed by atoms with Crippen LogP contribution in [0.15, 0.2) is 29.7 Å². The quantitative estimate of drug-likeness (QED) is 0.781. The second-order valence-corrected chi connectivity index (χ2v) is 4.29. The van der Waals surface area contributed by atoms with Crippen LogP contribution in [0.4, 0.5) is 0 Å². The molecule has 76 valence electrons. The molecule has 0 atom stereocenters. The summed E-state index contributed by atoms with van der Waals surface area (Å²) in [5.41, 5.74) is 1.44. The SMILES string of the molecule is C=Cc1ccc(S(=O)(=O)O)c(CC)c1. The maximum absolute atomic E-state index is 10.9. The molecule has 14 heavy (non-hydrogen) atoms. The molecule has 0 fully saturated rings. The predicted molar refractivity (Wildman–Crippen MR) is 55.7 cm³/mol. The summed E-state index contributed by atoms with van der Waals surface area (Å²) < 4.78 is 30.8. The van der Waals surface area contributed by atoms with Gasteiger partial charge in [-0.15, -0.1) is 0 Å². The molecule has 0 saturated heterocycles. The average molecular weight is 212 g/mol. The van der Waals surface area contributed by atoms with Gasteiger partial charge >= 0.3 is 0 Å². The van der Waals surface area contributed by atoms with Crippen LogP contribution in [0.25, 0.3) is 6.08 Å². The van der Waals surface area contributed by atoms with Crippen molar-refractivity contribution in [2.45, 2.75) is 18.2 Å². The van der Waals surface area contributed by atoms with Gasteiger partial charge in [0.2, 0.25) is 0 Å². The van der Waals surface area contributed by atoms with Crippen LogP contribution in [0, 0.1) is 0 Å². The first kappa shape index (κ1) is 10.9. The van der Waals surface area contributed by atoms with E-state index in [-0.39, 0.29) is 4.90 Å². The molecule has 4 heteroatoms. The zero-order chi connectivity index (χ0) is 10.8. The molecule has 1 rings (SSSR count). The molecule has 0 aliphatic rings. The molecule has 1 aromatic rings. The summed E-state index contributed by atoms with van der Waals surface area (Å²) in [6.45, 7) is 5.42.